The molecular formula is C11H28N2. The van der Waals surface area contributed by atoms with E-state index in [1.807, 2.05) is 20.9 Å². The average molecular weight is 188 g/mol. The Balaban J connectivity index is 0. The Morgan fingerprint density at radius 2 is 1.54 bits per heavy atom. The second-order valence-corrected chi connectivity index (χ2v) is 2.84. The van der Waals surface area contributed by atoms with Crippen LogP contribution in [-0.2, 0) is 0 Å². The van der Waals surface area contributed by atoms with E-state index in [2.05, 4.69) is 24.1 Å². The fourth-order valence-corrected chi connectivity index (χ4v) is 1.18. The summed E-state index contributed by atoms with van der Waals surface area (Å²) in [5, 5.41) is 3.16. The third-order valence-corrected chi connectivity index (χ3v) is 2.05. The Morgan fingerprint density at radius 3 is 1.92 bits per heavy atom. The Bertz CT molecular complexity index is 70.5. The summed E-state index contributed by atoms with van der Waals surface area (Å²) in [4.78, 5) is 2.47. The molecule has 0 aromatic heterocycles. The van der Waals surface area contributed by atoms with E-state index >= 15 is 0 Å². The van der Waals surface area contributed by atoms with Crippen molar-refractivity contribution >= 4 is 0 Å². The molecule has 0 radical (unpaired) electrons. The third kappa shape index (κ3) is 11.9. The summed E-state index contributed by atoms with van der Waals surface area (Å²) in [5.41, 5.74) is 0. The summed E-state index contributed by atoms with van der Waals surface area (Å²) in [5.74, 6) is 0. The van der Waals surface area contributed by atoms with Crippen LogP contribution in [0, 0.1) is 0 Å². The highest BCUT2D eigenvalue weighted by Gasteiger charge is 1.96. The molecule has 0 aliphatic carbocycles. The van der Waals surface area contributed by atoms with E-state index in [1.165, 1.54) is 32.5 Å². The first-order chi connectivity index (χ1) is 6.35. The lowest BCUT2D eigenvalue weighted by molar-refractivity contribution is 0.296. The van der Waals surface area contributed by atoms with Crippen molar-refractivity contribution in [2.45, 2.75) is 40.5 Å². The normalized spacial score (nSPS) is 9.69. The van der Waals surface area contributed by atoms with Crippen molar-refractivity contribution in [2.24, 2.45) is 0 Å². The van der Waals surface area contributed by atoms with Gasteiger partial charge in [-0.2, -0.15) is 0 Å². The van der Waals surface area contributed by atoms with Crippen LogP contribution < -0.4 is 5.32 Å². The molecule has 13 heavy (non-hydrogen) atoms. The molecule has 0 bridgehead atoms. The first-order valence-electron chi connectivity index (χ1n) is 5.72. The van der Waals surface area contributed by atoms with Gasteiger partial charge in [-0.05, 0) is 46.1 Å². The van der Waals surface area contributed by atoms with E-state index in [0.717, 1.165) is 6.54 Å². The topological polar surface area (TPSA) is 15.3 Å². The maximum atomic E-state index is 3.16. The van der Waals surface area contributed by atoms with Crippen LogP contribution in [0.25, 0.3) is 0 Å². The first kappa shape index (κ1) is 15.4. The molecule has 0 saturated heterocycles. The largest absolute Gasteiger partial charge is 0.320 e. The summed E-state index contributed by atoms with van der Waals surface area (Å²) >= 11 is 0. The number of unbranched alkanes of at least 4 members (excludes halogenated alkanes) is 1. The lowest BCUT2D eigenvalue weighted by Gasteiger charge is -2.17. The monoisotopic (exact) mass is 188 g/mol. The number of hydrogen-bond acceptors (Lipinski definition) is 2. The van der Waals surface area contributed by atoms with Gasteiger partial charge in [0.2, 0.25) is 0 Å². The lowest BCUT2D eigenvalue weighted by Crippen LogP contribution is -2.24. The van der Waals surface area contributed by atoms with Gasteiger partial charge in [0.05, 0.1) is 0 Å². The van der Waals surface area contributed by atoms with Gasteiger partial charge in [-0.1, -0.05) is 27.7 Å². The highest BCUT2D eigenvalue weighted by atomic mass is 15.1. The minimum Gasteiger partial charge on any atom is -0.320 e. The number of rotatable bonds is 7. The van der Waals surface area contributed by atoms with Crippen LogP contribution in [0.15, 0.2) is 0 Å². The molecule has 0 amide bonds. The molecule has 0 aliphatic rings. The molecule has 2 nitrogen and oxygen atoms in total. The maximum Gasteiger partial charge on any atom is -0.00185 e. The molecule has 0 aromatic carbocycles. The van der Waals surface area contributed by atoms with Gasteiger partial charge in [-0.25, -0.2) is 0 Å². The van der Waals surface area contributed by atoms with E-state index < -0.39 is 0 Å². The van der Waals surface area contributed by atoms with Crippen LogP contribution in [0.1, 0.15) is 40.5 Å². The van der Waals surface area contributed by atoms with Gasteiger partial charge in [-0.3, -0.25) is 0 Å². The van der Waals surface area contributed by atoms with Crippen LogP contribution in [-0.4, -0.2) is 38.1 Å². The minimum absolute atomic E-state index is 1.15. The molecule has 0 unspecified atom stereocenters. The standard InChI is InChI=1S/C9H22N2.C2H6/c1-4-11(5-2)9-7-6-8-10-3;1-2/h10H,4-9H2,1-3H3;1-2H3. The molecule has 0 rings (SSSR count). The smallest absolute Gasteiger partial charge is 0.00185 e. The summed E-state index contributed by atoms with van der Waals surface area (Å²) in [7, 11) is 2.01. The van der Waals surface area contributed by atoms with Crippen molar-refractivity contribution in [2.75, 3.05) is 33.2 Å². The SMILES string of the molecule is CC.CCN(CC)CCCCNC. The van der Waals surface area contributed by atoms with Gasteiger partial charge in [0.15, 0.2) is 0 Å². The molecule has 0 atom stereocenters. The first-order valence-corrected chi connectivity index (χ1v) is 5.72. The zero-order valence-electron chi connectivity index (χ0n) is 10.2. The van der Waals surface area contributed by atoms with Crippen LogP contribution in [0.3, 0.4) is 0 Å². The van der Waals surface area contributed by atoms with E-state index in [0.29, 0.717) is 0 Å². The average Bonchev–Trinajstić information content (AvgIpc) is 2.21. The molecule has 0 saturated carbocycles. The van der Waals surface area contributed by atoms with E-state index in [1.54, 1.807) is 0 Å². The van der Waals surface area contributed by atoms with Crippen molar-refractivity contribution in [3.8, 4) is 0 Å². The van der Waals surface area contributed by atoms with Crippen molar-refractivity contribution in [3.05, 3.63) is 0 Å². The molecule has 0 fully saturated rings. The molecule has 2 heteroatoms. The quantitative estimate of drug-likeness (QED) is 0.617. The third-order valence-electron chi connectivity index (χ3n) is 2.05. The zero-order chi connectivity index (χ0) is 10.5. The van der Waals surface area contributed by atoms with Crippen LogP contribution in [0.5, 0.6) is 0 Å². The van der Waals surface area contributed by atoms with Crippen molar-refractivity contribution < 1.29 is 0 Å². The lowest BCUT2D eigenvalue weighted by atomic mass is 10.3. The second kappa shape index (κ2) is 14.4. The van der Waals surface area contributed by atoms with Gasteiger partial charge in [0.1, 0.15) is 0 Å². The van der Waals surface area contributed by atoms with E-state index in [-0.39, 0.29) is 0 Å². The fourth-order valence-electron chi connectivity index (χ4n) is 1.18. The van der Waals surface area contributed by atoms with Gasteiger partial charge in [-0.15, -0.1) is 0 Å². The zero-order valence-corrected chi connectivity index (χ0v) is 10.2. The van der Waals surface area contributed by atoms with Gasteiger partial charge >= 0.3 is 0 Å². The minimum atomic E-state index is 1.15. The van der Waals surface area contributed by atoms with Crippen molar-refractivity contribution in [1.29, 1.82) is 0 Å². The number of hydrogen-bond donors (Lipinski definition) is 1. The van der Waals surface area contributed by atoms with Crippen LogP contribution >= 0.6 is 0 Å². The molecule has 0 spiro atoms. The molecular weight excluding hydrogens is 160 g/mol. The highest BCUT2D eigenvalue weighted by molar-refractivity contribution is 4.52. The van der Waals surface area contributed by atoms with E-state index in [9.17, 15) is 0 Å². The predicted molar refractivity (Wildman–Crippen MR) is 62.3 cm³/mol. The number of nitrogens with zero attached hydrogens (tertiary/aromatic N) is 1. The Morgan fingerprint density at radius 1 is 1.00 bits per heavy atom. The molecule has 1 N–H and O–H groups in total. The van der Waals surface area contributed by atoms with Crippen LogP contribution in [0.2, 0.25) is 0 Å². The van der Waals surface area contributed by atoms with Gasteiger partial charge in [0.25, 0.3) is 0 Å². The molecule has 0 aromatic rings. The maximum absolute atomic E-state index is 3.16. The molecule has 0 aliphatic heterocycles. The highest BCUT2D eigenvalue weighted by Crippen LogP contribution is 1.93. The second-order valence-electron chi connectivity index (χ2n) is 2.84. The number of nitrogens with one attached hydrogen (secondary N) is 1. The molecule has 82 valence electrons. The van der Waals surface area contributed by atoms with Crippen molar-refractivity contribution in [1.82, 2.24) is 10.2 Å². The summed E-state index contributed by atoms with van der Waals surface area (Å²) in [6.07, 6.45) is 2.62. The summed E-state index contributed by atoms with van der Waals surface area (Å²) in [6, 6.07) is 0. The predicted octanol–water partition coefficient (Wildman–Crippen LogP) is 2.35. The van der Waals surface area contributed by atoms with Gasteiger partial charge < -0.3 is 10.2 Å². The summed E-state index contributed by atoms with van der Waals surface area (Å²) in [6.45, 7) is 13.2. The summed E-state index contributed by atoms with van der Waals surface area (Å²) < 4.78 is 0. The van der Waals surface area contributed by atoms with E-state index in [4.69, 9.17) is 0 Å². The molecule has 0 heterocycles. The Labute approximate surface area is 84.7 Å². The fraction of sp³-hybridized carbons (Fsp3) is 1.00. The Kier molecular flexibility index (Phi) is 17.1. The Hall–Kier alpha value is -0.0800. The van der Waals surface area contributed by atoms with Gasteiger partial charge in [0, 0.05) is 0 Å². The van der Waals surface area contributed by atoms with Crippen molar-refractivity contribution in [3.63, 3.8) is 0 Å². The van der Waals surface area contributed by atoms with Crippen LogP contribution in [0.4, 0.5) is 0 Å².